The van der Waals surface area contributed by atoms with Gasteiger partial charge < -0.3 is 9.84 Å². The molecule has 0 amide bonds. The van der Waals surface area contributed by atoms with Crippen LogP contribution >= 0.6 is 0 Å². The zero-order chi connectivity index (χ0) is 15.1. The molecule has 0 saturated carbocycles. The summed E-state index contributed by atoms with van der Waals surface area (Å²) in [6.45, 7) is 1.91. The molecule has 4 nitrogen and oxygen atoms in total. The topological polar surface area (TPSA) is 53.8 Å². The van der Waals surface area contributed by atoms with Crippen LogP contribution in [0.4, 0.5) is 5.69 Å². The minimum Gasteiger partial charge on any atom is -0.504 e. The largest absolute Gasteiger partial charge is 0.504 e. The molecule has 4 heteroatoms. The van der Waals surface area contributed by atoms with Crippen LogP contribution in [-0.2, 0) is 0 Å². The number of anilines is 1. The molecule has 2 aromatic carbocycles. The Hall–Kier alpha value is -2.75. The summed E-state index contributed by atoms with van der Waals surface area (Å²) >= 11 is 0. The fourth-order valence-corrected chi connectivity index (χ4v) is 1.72. The Morgan fingerprint density at radius 1 is 1.19 bits per heavy atom. The van der Waals surface area contributed by atoms with Gasteiger partial charge in [0.15, 0.2) is 11.5 Å². The number of nitrogens with zero attached hydrogens (tertiary/aromatic N) is 1. The van der Waals surface area contributed by atoms with Crippen LogP contribution in [0.25, 0.3) is 6.08 Å². The molecule has 2 aromatic rings. The van der Waals surface area contributed by atoms with Crippen molar-refractivity contribution in [2.45, 2.75) is 6.92 Å². The molecule has 0 aliphatic carbocycles. The van der Waals surface area contributed by atoms with Gasteiger partial charge in [-0.25, -0.2) is 0 Å². The highest BCUT2D eigenvalue weighted by molar-refractivity contribution is 5.96. The van der Waals surface area contributed by atoms with Gasteiger partial charge in [0, 0.05) is 0 Å². The zero-order valence-electron chi connectivity index (χ0n) is 12.1. The van der Waals surface area contributed by atoms with Gasteiger partial charge in [-0.2, -0.15) is 5.10 Å². The van der Waals surface area contributed by atoms with Gasteiger partial charge in [-0.05, 0) is 42.8 Å². The van der Waals surface area contributed by atoms with Crippen molar-refractivity contribution in [3.63, 3.8) is 0 Å². The number of ether oxygens (including phenoxy) is 1. The lowest BCUT2D eigenvalue weighted by molar-refractivity contribution is 0.373. The molecule has 0 saturated heterocycles. The third-order valence-electron chi connectivity index (χ3n) is 2.86. The Labute approximate surface area is 124 Å². The number of rotatable bonds is 5. The standard InChI is InChI=1S/C17H18N2O2/c1-13(18-19-15-6-4-3-5-7-15)8-9-14-10-11-16(20)17(12-14)21-2/h3-12,19-20H,1-2H3/b9-8+,18-13+. The molecule has 0 heterocycles. The third kappa shape index (κ3) is 4.38. The quantitative estimate of drug-likeness (QED) is 0.646. The second-order valence-corrected chi connectivity index (χ2v) is 4.50. The van der Waals surface area contributed by atoms with Gasteiger partial charge in [0.25, 0.3) is 0 Å². The number of nitrogens with one attached hydrogen (secondary N) is 1. The van der Waals surface area contributed by atoms with Gasteiger partial charge in [-0.3, -0.25) is 5.43 Å². The maximum Gasteiger partial charge on any atom is 0.161 e. The molecule has 0 fully saturated rings. The SMILES string of the molecule is COc1cc(/C=C/C(C)=N/Nc2ccccc2)ccc1O. The lowest BCUT2D eigenvalue weighted by atomic mass is 10.1. The van der Waals surface area contributed by atoms with Gasteiger partial charge in [0.1, 0.15) is 0 Å². The first-order valence-electron chi connectivity index (χ1n) is 6.59. The van der Waals surface area contributed by atoms with Crippen LogP contribution in [-0.4, -0.2) is 17.9 Å². The molecule has 0 atom stereocenters. The number of hydrogen-bond donors (Lipinski definition) is 2. The molecule has 2 N–H and O–H groups in total. The zero-order valence-corrected chi connectivity index (χ0v) is 12.1. The maximum atomic E-state index is 9.54. The molecule has 0 unspecified atom stereocenters. The van der Waals surface area contributed by atoms with E-state index in [1.807, 2.05) is 55.5 Å². The smallest absolute Gasteiger partial charge is 0.161 e. The number of phenols is 1. The highest BCUT2D eigenvalue weighted by Gasteiger charge is 2.00. The summed E-state index contributed by atoms with van der Waals surface area (Å²) in [5.41, 5.74) is 5.69. The average Bonchev–Trinajstić information content (AvgIpc) is 2.53. The van der Waals surface area contributed by atoms with E-state index < -0.39 is 0 Å². The van der Waals surface area contributed by atoms with E-state index in [2.05, 4.69) is 10.5 Å². The highest BCUT2D eigenvalue weighted by atomic mass is 16.5. The van der Waals surface area contributed by atoms with Crippen molar-refractivity contribution >= 4 is 17.5 Å². The summed E-state index contributed by atoms with van der Waals surface area (Å²) < 4.78 is 5.07. The molecule has 21 heavy (non-hydrogen) atoms. The Balaban J connectivity index is 2.03. The van der Waals surface area contributed by atoms with Gasteiger partial charge >= 0.3 is 0 Å². The van der Waals surface area contributed by atoms with Crippen LogP contribution in [0.2, 0.25) is 0 Å². The monoisotopic (exact) mass is 282 g/mol. The van der Waals surface area contributed by atoms with Gasteiger partial charge in [0.05, 0.1) is 18.5 Å². The predicted octanol–water partition coefficient (Wildman–Crippen LogP) is 3.90. The van der Waals surface area contributed by atoms with E-state index >= 15 is 0 Å². The van der Waals surface area contributed by atoms with E-state index in [0.29, 0.717) is 5.75 Å². The number of hydrogen-bond acceptors (Lipinski definition) is 4. The van der Waals surface area contributed by atoms with E-state index in [1.165, 1.54) is 7.11 Å². The molecular formula is C17H18N2O2. The van der Waals surface area contributed by atoms with E-state index in [-0.39, 0.29) is 5.75 Å². The Morgan fingerprint density at radius 3 is 2.67 bits per heavy atom. The fraction of sp³-hybridized carbons (Fsp3) is 0.118. The summed E-state index contributed by atoms with van der Waals surface area (Å²) in [6.07, 6.45) is 3.80. The predicted molar refractivity (Wildman–Crippen MR) is 86.9 cm³/mol. The highest BCUT2D eigenvalue weighted by Crippen LogP contribution is 2.26. The van der Waals surface area contributed by atoms with Crippen molar-refractivity contribution in [2.24, 2.45) is 5.10 Å². The summed E-state index contributed by atoms with van der Waals surface area (Å²) in [5, 5.41) is 13.8. The Bertz CT molecular complexity index is 649. The molecule has 0 bridgehead atoms. The molecule has 2 rings (SSSR count). The second kappa shape index (κ2) is 7.14. The van der Waals surface area contributed by atoms with Crippen LogP contribution in [0.1, 0.15) is 12.5 Å². The fourth-order valence-electron chi connectivity index (χ4n) is 1.72. The summed E-state index contributed by atoms with van der Waals surface area (Å²) in [4.78, 5) is 0. The molecule has 0 aromatic heterocycles. The van der Waals surface area contributed by atoms with Crippen molar-refractivity contribution in [3.05, 3.63) is 60.2 Å². The third-order valence-corrected chi connectivity index (χ3v) is 2.86. The van der Waals surface area contributed by atoms with Crippen molar-refractivity contribution < 1.29 is 9.84 Å². The first-order valence-corrected chi connectivity index (χ1v) is 6.59. The van der Waals surface area contributed by atoms with Gasteiger partial charge in [-0.15, -0.1) is 0 Å². The maximum absolute atomic E-state index is 9.54. The van der Waals surface area contributed by atoms with Crippen LogP contribution in [0.5, 0.6) is 11.5 Å². The molecule has 0 aliphatic rings. The lowest BCUT2D eigenvalue weighted by Crippen LogP contribution is -1.93. The van der Waals surface area contributed by atoms with Crippen molar-refractivity contribution in [1.29, 1.82) is 0 Å². The number of methoxy groups -OCH3 is 1. The first kappa shape index (κ1) is 14.7. The van der Waals surface area contributed by atoms with Gasteiger partial charge in [0.2, 0.25) is 0 Å². The first-order chi connectivity index (χ1) is 10.2. The normalized spacial score (nSPS) is 11.6. The number of hydrazone groups is 1. The van der Waals surface area contributed by atoms with Crippen LogP contribution in [0, 0.1) is 0 Å². The number of allylic oxidation sites excluding steroid dienone is 1. The molecule has 0 radical (unpaired) electrons. The Morgan fingerprint density at radius 2 is 1.95 bits per heavy atom. The summed E-state index contributed by atoms with van der Waals surface area (Å²) in [6, 6.07) is 14.9. The minimum absolute atomic E-state index is 0.130. The molecule has 0 spiro atoms. The minimum atomic E-state index is 0.130. The van der Waals surface area contributed by atoms with Crippen LogP contribution in [0.3, 0.4) is 0 Å². The molecule has 0 aliphatic heterocycles. The lowest BCUT2D eigenvalue weighted by Gasteiger charge is -2.03. The number of phenolic OH excluding ortho intramolecular Hbond substituents is 1. The van der Waals surface area contributed by atoms with E-state index in [1.54, 1.807) is 12.1 Å². The number of aromatic hydroxyl groups is 1. The van der Waals surface area contributed by atoms with Gasteiger partial charge in [-0.1, -0.05) is 30.3 Å². The van der Waals surface area contributed by atoms with E-state index in [9.17, 15) is 5.11 Å². The summed E-state index contributed by atoms with van der Waals surface area (Å²) in [7, 11) is 1.53. The van der Waals surface area contributed by atoms with Crippen molar-refractivity contribution in [2.75, 3.05) is 12.5 Å². The van der Waals surface area contributed by atoms with E-state index in [4.69, 9.17) is 4.74 Å². The number of benzene rings is 2. The second-order valence-electron chi connectivity index (χ2n) is 4.50. The average molecular weight is 282 g/mol. The Kier molecular flexibility index (Phi) is 4.99. The molecular weight excluding hydrogens is 264 g/mol. The molecule has 108 valence electrons. The van der Waals surface area contributed by atoms with Crippen molar-refractivity contribution in [3.8, 4) is 11.5 Å². The number of para-hydroxylation sites is 1. The van der Waals surface area contributed by atoms with Crippen LogP contribution in [0.15, 0.2) is 59.7 Å². The van der Waals surface area contributed by atoms with Crippen molar-refractivity contribution in [1.82, 2.24) is 0 Å². The summed E-state index contributed by atoms with van der Waals surface area (Å²) in [5.74, 6) is 0.583. The van der Waals surface area contributed by atoms with Crippen LogP contribution < -0.4 is 10.2 Å². The van der Waals surface area contributed by atoms with E-state index in [0.717, 1.165) is 17.0 Å².